The molecule has 3 rings (SSSR count). The summed E-state index contributed by atoms with van der Waals surface area (Å²) in [4.78, 5) is 15.0. The van der Waals surface area contributed by atoms with Gasteiger partial charge in [0.15, 0.2) is 0 Å². The highest BCUT2D eigenvalue weighted by Crippen LogP contribution is 2.25. The van der Waals surface area contributed by atoms with Gasteiger partial charge in [-0.3, -0.25) is 4.79 Å². The smallest absolute Gasteiger partial charge is 0.266 e. The van der Waals surface area contributed by atoms with Crippen LogP contribution in [0.5, 0.6) is 5.75 Å². The number of aromatic nitrogens is 1. The molecule has 0 bridgehead atoms. The Hall–Kier alpha value is -3.98. The number of anilines is 2. The minimum atomic E-state index is -0.444. The van der Waals surface area contributed by atoms with Gasteiger partial charge in [-0.05, 0) is 101 Å². The Morgan fingerprint density at radius 2 is 1.71 bits per heavy atom. The zero-order chi connectivity index (χ0) is 24.7. The number of nitrogens with one attached hydrogen (secondary N) is 1. The van der Waals surface area contributed by atoms with Crippen LogP contribution in [0.15, 0.2) is 60.2 Å². The second-order valence-corrected chi connectivity index (χ2v) is 7.93. The molecule has 0 fully saturated rings. The van der Waals surface area contributed by atoms with Crippen molar-refractivity contribution in [3.8, 4) is 17.5 Å². The molecule has 1 heterocycles. The Bertz CT molecular complexity index is 1190. The van der Waals surface area contributed by atoms with E-state index < -0.39 is 5.91 Å². The average molecular weight is 457 g/mol. The minimum absolute atomic E-state index is 0.0472. The first-order valence-corrected chi connectivity index (χ1v) is 11.6. The second kappa shape index (κ2) is 11.2. The van der Waals surface area contributed by atoms with Crippen LogP contribution in [-0.4, -0.2) is 30.2 Å². The molecule has 2 aromatic carbocycles. The number of benzene rings is 2. The van der Waals surface area contributed by atoms with E-state index >= 15 is 0 Å². The van der Waals surface area contributed by atoms with Gasteiger partial charge < -0.3 is 19.5 Å². The van der Waals surface area contributed by atoms with Crippen LogP contribution in [0.3, 0.4) is 0 Å². The van der Waals surface area contributed by atoms with Crippen molar-refractivity contribution in [2.24, 2.45) is 0 Å². The summed E-state index contributed by atoms with van der Waals surface area (Å²) in [7, 11) is 0. The van der Waals surface area contributed by atoms with Crippen molar-refractivity contribution in [3.05, 3.63) is 77.1 Å². The zero-order valence-corrected chi connectivity index (χ0v) is 20.6. The number of carbonyl (C=O) groups is 1. The fraction of sp³-hybridized carbons (Fsp3) is 0.286. The van der Waals surface area contributed by atoms with Crippen molar-refractivity contribution in [3.63, 3.8) is 0 Å². The zero-order valence-electron chi connectivity index (χ0n) is 20.6. The number of hydrogen-bond donors (Lipinski definition) is 1. The molecule has 0 spiro atoms. The molecule has 1 N–H and O–H groups in total. The Morgan fingerprint density at radius 1 is 1.06 bits per heavy atom. The molecule has 0 saturated carbocycles. The summed E-state index contributed by atoms with van der Waals surface area (Å²) in [6.07, 6.45) is 1.65. The fourth-order valence-electron chi connectivity index (χ4n) is 4.04. The van der Waals surface area contributed by atoms with Crippen LogP contribution in [0.25, 0.3) is 11.8 Å². The first-order chi connectivity index (χ1) is 16.4. The third-order valence-electron chi connectivity index (χ3n) is 5.79. The monoisotopic (exact) mass is 456 g/mol. The maximum Gasteiger partial charge on any atom is 0.266 e. The van der Waals surface area contributed by atoms with E-state index in [1.54, 1.807) is 30.3 Å². The van der Waals surface area contributed by atoms with Crippen molar-refractivity contribution in [2.45, 2.75) is 34.6 Å². The number of carbonyl (C=O) groups excluding carboxylic acids is 1. The number of ether oxygens (including phenoxy) is 1. The first-order valence-electron chi connectivity index (χ1n) is 11.6. The molecule has 34 heavy (non-hydrogen) atoms. The van der Waals surface area contributed by atoms with Crippen LogP contribution < -0.4 is 15.0 Å². The van der Waals surface area contributed by atoms with Crippen molar-refractivity contribution in [2.75, 3.05) is 29.9 Å². The highest BCUT2D eigenvalue weighted by atomic mass is 16.5. The van der Waals surface area contributed by atoms with Gasteiger partial charge in [0.05, 0.1) is 6.61 Å². The number of nitriles is 1. The molecule has 0 aliphatic carbocycles. The lowest BCUT2D eigenvalue weighted by atomic mass is 10.1. The summed E-state index contributed by atoms with van der Waals surface area (Å²) in [6, 6.07) is 19.6. The minimum Gasteiger partial charge on any atom is -0.494 e. The van der Waals surface area contributed by atoms with Crippen molar-refractivity contribution >= 4 is 23.4 Å². The molecule has 0 aliphatic heterocycles. The summed E-state index contributed by atoms with van der Waals surface area (Å²) < 4.78 is 7.56. The highest BCUT2D eigenvalue weighted by Gasteiger charge is 2.14. The van der Waals surface area contributed by atoms with Crippen molar-refractivity contribution < 1.29 is 9.53 Å². The normalized spacial score (nSPS) is 11.1. The van der Waals surface area contributed by atoms with E-state index in [0.717, 1.165) is 41.5 Å². The third kappa shape index (κ3) is 5.49. The van der Waals surface area contributed by atoms with E-state index in [-0.39, 0.29) is 5.57 Å². The summed E-state index contributed by atoms with van der Waals surface area (Å²) in [6.45, 7) is 12.7. The molecule has 0 saturated heterocycles. The van der Waals surface area contributed by atoms with Gasteiger partial charge in [0.25, 0.3) is 5.91 Å². The Morgan fingerprint density at radius 3 is 2.26 bits per heavy atom. The molecule has 6 nitrogen and oxygen atoms in total. The van der Waals surface area contributed by atoms with Crippen LogP contribution in [0.2, 0.25) is 0 Å². The molecule has 0 radical (unpaired) electrons. The van der Waals surface area contributed by atoms with Gasteiger partial charge in [-0.1, -0.05) is 0 Å². The quantitative estimate of drug-likeness (QED) is 0.322. The summed E-state index contributed by atoms with van der Waals surface area (Å²) in [5, 5.41) is 12.4. The lowest BCUT2D eigenvalue weighted by Gasteiger charge is -2.21. The Kier molecular flexibility index (Phi) is 8.15. The largest absolute Gasteiger partial charge is 0.494 e. The van der Waals surface area contributed by atoms with Gasteiger partial charge in [0.2, 0.25) is 0 Å². The number of rotatable bonds is 9. The van der Waals surface area contributed by atoms with Gasteiger partial charge in [0, 0.05) is 41.5 Å². The van der Waals surface area contributed by atoms with Crippen LogP contribution in [0.1, 0.15) is 37.7 Å². The van der Waals surface area contributed by atoms with Crippen molar-refractivity contribution in [1.82, 2.24) is 4.57 Å². The lowest BCUT2D eigenvalue weighted by molar-refractivity contribution is -0.112. The molecule has 6 heteroatoms. The molecule has 0 aliphatic rings. The van der Waals surface area contributed by atoms with Crippen LogP contribution in [0, 0.1) is 25.2 Å². The first kappa shape index (κ1) is 24.7. The molecule has 1 aromatic heterocycles. The number of amides is 1. The molecule has 176 valence electrons. The molecule has 3 aromatic rings. The second-order valence-electron chi connectivity index (χ2n) is 7.93. The van der Waals surface area contributed by atoms with Gasteiger partial charge >= 0.3 is 0 Å². The van der Waals surface area contributed by atoms with Crippen LogP contribution in [-0.2, 0) is 4.79 Å². The highest BCUT2D eigenvalue weighted by molar-refractivity contribution is 6.09. The summed E-state index contributed by atoms with van der Waals surface area (Å²) in [5.41, 5.74) is 5.72. The van der Waals surface area contributed by atoms with E-state index in [9.17, 15) is 10.1 Å². The number of nitrogens with zero attached hydrogens (tertiary/aromatic N) is 3. The van der Waals surface area contributed by atoms with Gasteiger partial charge in [0.1, 0.15) is 17.4 Å². The maximum atomic E-state index is 12.7. The topological polar surface area (TPSA) is 70.3 Å². The number of aryl methyl sites for hydroxylation is 1. The van der Waals surface area contributed by atoms with E-state index in [1.807, 2.05) is 32.9 Å². The summed E-state index contributed by atoms with van der Waals surface area (Å²) >= 11 is 0. The van der Waals surface area contributed by atoms with E-state index in [4.69, 9.17) is 4.74 Å². The van der Waals surface area contributed by atoms with Crippen LogP contribution in [0.4, 0.5) is 11.4 Å². The van der Waals surface area contributed by atoms with Crippen LogP contribution >= 0.6 is 0 Å². The van der Waals surface area contributed by atoms with E-state index in [2.05, 4.69) is 52.9 Å². The fourth-order valence-corrected chi connectivity index (χ4v) is 4.04. The Labute approximate surface area is 202 Å². The number of hydrogen-bond acceptors (Lipinski definition) is 4. The maximum absolute atomic E-state index is 12.7. The SMILES string of the molecule is CCOc1ccc(NC(=O)/C(C#N)=C\c2cc(C)n(-c3ccc(N(CC)CC)cc3)c2C)cc1. The predicted octanol–water partition coefficient (Wildman–Crippen LogP) is 5.88. The van der Waals surface area contributed by atoms with Crippen molar-refractivity contribution in [1.29, 1.82) is 5.26 Å². The standard InChI is InChI=1S/C28H32N4O2/c1-6-31(7-2)25-11-13-26(14-12-25)32-20(4)17-22(21(32)5)18-23(19-29)28(33)30-24-9-15-27(16-10-24)34-8-3/h9-18H,6-8H2,1-5H3,(H,30,33)/b23-18-. The van der Waals surface area contributed by atoms with Gasteiger partial charge in [-0.25, -0.2) is 0 Å². The summed E-state index contributed by atoms with van der Waals surface area (Å²) in [5.74, 6) is 0.286. The van der Waals surface area contributed by atoms with Gasteiger partial charge in [-0.2, -0.15) is 5.26 Å². The van der Waals surface area contributed by atoms with Gasteiger partial charge in [-0.15, -0.1) is 0 Å². The lowest BCUT2D eigenvalue weighted by Crippen LogP contribution is -2.21. The molecule has 0 atom stereocenters. The molecular formula is C28H32N4O2. The van der Waals surface area contributed by atoms with E-state index in [0.29, 0.717) is 12.3 Å². The molecule has 1 amide bonds. The predicted molar refractivity (Wildman–Crippen MR) is 139 cm³/mol. The Balaban J connectivity index is 1.84. The average Bonchev–Trinajstić information content (AvgIpc) is 3.12. The molecule has 0 unspecified atom stereocenters. The molecular weight excluding hydrogens is 424 g/mol. The third-order valence-corrected chi connectivity index (χ3v) is 5.79. The van der Waals surface area contributed by atoms with E-state index in [1.165, 1.54) is 5.69 Å².